The normalized spacial score (nSPS) is 12.0. The molecule has 0 saturated carbocycles. The Hall–Kier alpha value is -0.0400. The lowest BCUT2D eigenvalue weighted by Gasteiger charge is -2.17. The van der Waals surface area contributed by atoms with Crippen LogP contribution in [0.3, 0.4) is 0 Å². The molecule has 0 spiro atoms. The van der Waals surface area contributed by atoms with E-state index in [1.54, 1.807) is 0 Å². The Morgan fingerprint density at radius 3 is 1.10 bits per heavy atom. The van der Waals surface area contributed by atoms with Gasteiger partial charge in [0.05, 0.1) is 0 Å². The van der Waals surface area contributed by atoms with Crippen LogP contribution in [0.15, 0.2) is 0 Å². The number of unbranched alkanes of at least 4 members (excludes halogenated alkanes) is 12. The zero-order chi connectivity index (χ0) is 15.1. The average molecular weight is 284 g/mol. The maximum absolute atomic E-state index is 5.49. The van der Waals surface area contributed by atoms with Gasteiger partial charge in [0.25, 0.3) is 0 Å². The van der Waals surface area contributed by atoms with Crippen LogP contribution < -0.4 is 5.73 Å². The molecule has 0 aliphatic heterocycles. The van der Waals surface area contributed by atoms with Crippen molar-refractivity contribution in [3.8, 4) is 0 Å². The van der Waals surface area contributed by atoms with E-state index in [0.717, 1.165) is 6.54 Å². The highest BCUT2D eigenvalue weighted by Gasteiger charge is 2.08. The van der Waals surface area contributed by atoms with Crippen LogP contribution in [0, 0.1) is 5.41 Å². The predicted octanol–water partition coefficient (Wildman–Crippen LogP) is 6.45. The van der Waals surface area contributed by atoms with Gasteiger partial charge in [-0.25, -0.2) is 0 Å². The highest BCUT2D eigenvalue weighted by Crippen LogP contribution is 2.22. The molecule has 0 rings (SSSR count). The molecule has 1 nitrogen and oxygen atoms in total. The van der Waals surface area contributed by atoms with E-state index < -0.39 is 0 Å². The minimum Gasteiger partial charge on any atom is -0.330 e. The molecule has 0 bridgehead atoms. The van der Waals surface area contributed by atoms with Crippen molar-refractivity contribution in [2.24, 2.45) is 11.1 Å². The summed E-state index contributed by atoms with van der Waals surface area (Å²) in [6.07, 6.45) is 19.8. The lowest BCUT2D eigenvalue weighted by molar-refractivity contribution is 0.356. The molecule has 0 aromatic carbocycles. The van der Waals surface area contributed by atoms with Crippen LogP contribution in [-0.4, -0.2) is 6.54 Å². The smallest absolute Gasteiger partial charge is 0.00773 e. The fourth-order valence-electron chi connectivity index (χ4n) is 2.74. The van der Waals surface area contributed by atoms with Crippen molar-refractivity contribution in [2.45, 2.75) is 111 Å². The standard InChI is InChI=1S/C19H41N/c1-19(2,3)17-15-13-11-9-7-5-4-6-8-10-12-14-16-18-20/h4-18,20H2,1-3H3. The average Bonchev–Trinajstić information content (AvgIpc) is 2.38. The molecule has 0 aliphatic carbocycles. The van der Waals surface area contributed by atoms with E-state index in [4.69, 9.17) is 5.73 Å². The third kappa shape index (κ3) is 18.0. The van der Waals surface area contributed by atoms with Crippen LogP contribution in [0.5, 0.6) is 0 Å². The molecule has 0 unspecified atom stereocenters. The van der Waals surface area contributed by atoms with Crippen molar-refractivity contribution >= 4 is 0 Å². The molecule has 0 aliphatic rings. The summed E-state index contributed by atoms with van der Waals surface area (Å²) in [5, 5.41) is 0. The van der Waals surface area contributed by atoms with Crippen LogP contribution in [0.2, 0.25) is 0 Å². The van der Waals surface area contributed by atoms with Gasteiger partial charge in [-0.05, 0) is 24.8 Å². The quantitative estimate of drug-likeness (QED) is 0.364. The second kappa shape index (κ2) is 13.9. The van der Waals surface area contributed by atoms with Crippen LogP contribution in [0.4, 0.5) is 0 Å². The molecular weight excluding hydrogens is 242 g/mol. The Morgan fingerprint density at radius 1 is 0.500 bits per heavy atom. The summed E-state index contributed by atoms with van der Waals surface area (Å²) >= 11 is 0. The molecule has 0 aromatic heterocycles. The first-order valence-electron chi connectivity index (χ1n) is 9.26. The third-order valence-electron chi connectivity index (χ3n) is 4.13. The third-order valence-corrected chi connectivity index (χ3v) is 4.13. The molecule has 0 amide bonds. The number of nitrogens with two attached hydrogens (primary N) is 1. The molecule has 0 radical (unpaired) electrons. The van der Waals surface area contributed by atoms with Crippen molar-refractivity contribution < 1.29 is 0 Å². The minimum absolute atomic E-state index is 0.532. The van der Waals surface area contributed by atoms with E-state index in [0.29, 0.717) is 5.41 Å². The van der Waals surface area contributed by atoms with Crippen LogP contribution in [0.1, 0.15) is 111 Å². The predicted molar refractivity (Wildman–Crippen MR) is 93.1 cm³/mol. The van der Waals surface area contributed by atoms with Crippen LogP contribution in [-0.2, 0) is 0 Å². The summed E-state index contributed by atoms with van der Waals surface area (Å²) in [6, 6.07) is 0. The first-order chi connectivity index (χ1) is 9.56. The summed E-state index contributed by atoms with van der Waals surface area (Å²) < 4.78 is 0. The topological polar surface area (TPSA) is 26.0 Å². The maximum Gasteiger partial charge on any atom is -0.00773 e. The minimum atomic E-state index is 0.532. The molecule has 122 valence electrons. The van der Waals surface area contributed by atoms with Gasteiger partial charge in [0, 0.05) is 0 Å². The molecular formula is C19H41N. The highest BCUT2D eigenvalue weighted by atomic mass is 14.5. The fourth-order valence-corrected chi connectivity index (χ4v) is 2.74. The summed E-state index contributed by atoms with van der Waals surface area (Å²) in [6.45, 7) is 7.92. The van der Waals surface area contributed by atoms with E-state index in [-0.39, 0.29) is 0 Å². The first kappa shape index (κ1) is 20.0. The zero-order valence-corrected chi connectivity index (χ0v) is 14.7. The summed E-state index contributed by atoms with van der Waals surface area (Å²) in [5.74, 6) is 0. The highest BCUT2D eigenvalue weighted by molar-refractivity contribution is 4.61. The second-order valence-electron chi connectivity index (χ2n) is 7.70. The van der Waals surface area contributed by atoms with Crippen molar-refractivity contribution in [3.63, 3.8) is 0 Å². The van der Waals surface area contributed by atoms with Gasteiger partial charge in [-0.1, -0.05) is 97.8 Å². The van der Waals surface area contributed by atoms with E-state index in [2.05, 4.69) is 20.8 Å². The molecule has 0 heterocycles. The Labute approximate surface area is 129 Å². The molecule has 20 heavy (non-hydrogen) atoms. The molecule has 0 atom stereocenters. The van der Waals surface area contributed by atoms with Crippen molar-refractivity contribution in [3.05, 3.63) is 0 Å². The Morgan fingerprint density at radius 2 is 0.800 bits per heavy atom. The van der Waals surface area contributed by atoms with Gasteiger partial charge in [-0.3, -0.25) is 0 Å². The summed E-state index contributed by atoms with van der Waals surface area (Å²) in [7, 11) is 0. The van der Waals surface area contributed by atoms with Crippen molar-refractivity contribution in [2.75, 3.05) is 6.54 Å². The Balaban J connectivity index is 2.99. The van der Waals surface area contributed by atoms with Crippen molar-refractivity contribution in [1.82, 2.24) is 0 Å². The number of rotatable bonds is 14. The molecule has 0 saturated heterocycles. The van der Waals surface area contributed by atoms with Gasteiger partial charge in [-0.2, -0.15) is 0 Å². The monoisotopic (exact) mass is 283 g/mol. The maximum atomic E-state index is 5.49. The largest absolute Gasteiger partial charge is 0.330 e. The second-order valence-corrected chi connectivity index (χ2v) is 7.70. The summed E-state index contributed by atoms with van der Waals surface area (Å²) in [4.78, 5) is 0. The Kier molecular flexibility index (Phi) is 13.9. The SMILES string of the molecule is CC(C)(C)CCCCCCCCCCCCCCCN. The molecule has 2 N–H and O–H groups in total. The van der Waals surface area contributed by atoms with Gasteiger partial charge in [0.2, 0.25) is 0 Å². The zero-order valence-electron chi connectivity index (χ0n) is 14.7. The van der Waals surface area contributed by atoms with Crippen LogP contribution >= 0.6 is 0 Å². The van der Waals surface area contributed by atoms with Gasteiger partial charge in [0.15, 0.2) is 0 Å². The molecule has 1 heteroatoms. The van der Waals surface area contributed by atoms with E-state index >= 15 is 0 Å². The van der Waals surface area contributed by atoms with Gasteiger partial charge in [-0.15, -0.1) is 0 Å². The number of hydrogen-bond acceptors (Lipinski definition) is 1. The van der Waals surface area contributed by atoms with Gasteiger partial charge < -0.3 is 5.73 Å². The molecule has 0 fully saturated rings. The first-order valence-corrected chi connectivity index (χ1v) is 9.26. The van der Waals surface area contributed by atoms with E-state index in [1.165, 1.54) is 89.9 Å². The Bertz CT molecular complexity index is 181. The lowest BCUT2D eigenvalue weighted by Crippen LogP contribution is -2.03. The van der Waals surface area contributed by atoms with Crippen LogP contribution in [0.25, 0.3) is 0 Å². The van der Waals surface area contributed by atoms with Gasteiger partial charge >= 0.3 is 0 Å². The molecule has 0 aromatic rings. The fraction of sp³-hybridized carbons (Fsp3) is 1.00. The van der Waals surface area contributed by atoms with E-state index in [1.807, 2.05) is 0 Å². The van der Waals surface area contributed by atoms with Gasteiger partial charge in [0.1, 0.15) is 0 Å². The van der Waals surface area contributed by atoms with E-state index in [9.17, 15) is 0 Å². The van der Waals surface area contributed by atoms with Crippen molar-refractivity contribution in [1.29, 1.82) is 0 Å². The summed E-state index contributed by atoms with van der Waals surface area (Å²) in [5.41, 5.74) is 6.02. The lowest BCUT2D eigenvalue weighted by atomic mass is 9.89. The number of hydrogen-bond donors (Lipinski definition) is 1.